The van der Waals surface area contributed by atoms with Crippen LogP contribution in [0.3, 0.4) is 0 Å². The molecule has 2 aliphatic heterocycles. The highest BCUT2D eigenvalue weighted by atomic mass is 15.4. The quantitative estimate of drug-likeness (QED) is 0.310. The normalized spacial score (nSPS) is 20.6. The topological polar surface area (TPSA) is 117 Å². The standard InChI is InChI=1S/C12H24N8/c13-10-2-1-6-19(10)7-4-17-12-18-5-9-20(12)8-3-16-11(14)15/h13H,1-9H2,(H,17,18)(H4,14,15,16). The molecule has 0 aliphatic carbocycles. The van der Waals surface area contributed by atoms with Crippen molar-refractivity contribution in [2.24, 2.45) is 10.7 Å². The van der Waals surface area contributed by atoms with Gasteiger partial charge >= 0.3 is 0 Å². The van der Waals surface area contributed by atoms with Crippen LogP contribution >= 0.6 is 0 Å². The smallest absolute Gasteiger partial charge is 0.194 e. The summed E-state index contributed by atoms with van der Waals surface area (Å²) in [6.07, 6.45) is 1.99. The zero-order chi connectivity index (χ0) is 14.4. The summed E-state index contributed by atoms with van der Waals surface area (Å²) in [6.45, 7) is 5.78. The molecule has 0 aromatic heterocycles. The molecule has 0 bridgehead atoms. The summed E-state index contributed by atoms with van der Waals surface area (Å²) in [5.41, 5.74) is 5.26. The van der Waals surface area contributed by atoms with E-state index in [1.165, 1.54) is 0 Å². The molecule has 0 amide bonds. The van der Waals surface area contributed by atoms with Crippen LogP contribution in [-0.4, -0.2) is 73.4 Å². The maximum atomic E-state index is 7.78. The third kappa shape index (κ3) is 4.01. The molecule has 0 atom stereocenters. The zero-order valence-corrected chi connectivity index (χ0v) is 11.8. The molecule has 2 rings (SSSR count). The van der Waals surface area contributed by atoms with Crippen LogP contribution < -0.4 is 16.4 Å². The molecule has 0 unspecified atom stereocenters. The lowest BCUT2D eigenvalue weighted by atomic mass is 10.4. The molecule has 2 aliphatic rings. The van der Waals surface area contributed by atoms with Crippen LogP contribution in [0.5, 0.6) is 0 Å². The zero-order valence-electron chi connectivity index (χ0n) is 11.8. The van der Waals surface area contributed by atoms with Crippen LogP contribution in [0.4, 0.5) is 0 Å². The van der Waals surface area contributed by atoms with Crippen LogP contribution in [0.2, 0.25) is 0 Å². The highest BCUT2D eigenvalue weighted by Crippen LogP contribution is 2.09. The van der Waals surface area contributed by atoms with E-state index in [1.807, 2.05) is 0 Å². The fourth-order valence-electron chi connectivity index (χ4n) is 2.47. The van der Waals surface area contributed by atoms with Gasteiger partial charge in [-0.1, -0.05) is 0 Å². The second-order valence-electron chi connectivity index (χ2n) is 5.00. The maximum Gasteiger partial charge on any atom is 0.194 e. The largest absolute Gasteiger partial charge is 0.370 e. The molecule has 0 radical (unpaired) electrons. The van der Waals surface area contributed by atoms with Gasteiger partial charge in [0.2, 0.25) is 0 Å². The summed E-state index contributed by atoms with van der Waals surface area (Å²) in [6, 6.07) is 0. The first kappa shape index (κ1) is 14.4. The predicted octanol–water partition coefficient (Wildman–Crippen LogP) is -1.20. The highest BCUT2D eigenvalue weighted by molar-refractivity contribution is 5.82. The molecule has 2 heterocycles. The Bertz CT molecular complexity index is 391. The molecule has 2 saturated heterocycles. The SMILES string of the molecule is N=C(N)NCCN1CCN/C1=N\CCN1CCCC1=N. The van der Waals surface area contributed by atoms with E-state index >= 15 is 0 Å². The summed E-state index contributed by atoms with van der Waals surface area (Å²) in [4.78, 5) is 8.84. The lowest BCUT2D eigenvalue weighted by Crippen LogP contribution is -2.40. The van der Waals surface area contributed by atoms with Gasteiger partial charge in [-0.3, -0.25) is 15.8 Å². The first-order valence-corrected chi connectivity index (χ1v) is 7.10. The monoisotopic (exact) mass is 280 g/mol. The first-order chi connectivity index (χ1) is 9.66. The van der Waals surface area contributed by atoms with Gasteiger partial charge in [-0.15, -0.1) is 0 Å². The van der Waals surface area contributed by atoms with E-state index in [4.69, 9.17) is 16.6 Å². The van der Waals surface area contributed by atoms with E-state index in [-0.39, 0.29) is 5.96 Å². The number of likely N-dealkylation sites (tertiary alicyclic amines) is 1. The van der Waals surface area contributed by atoms with Gasteiger partial charge in [0.15, 0.2) is 11.9 Å². The van der Waals surface area contributed by atoms with Crippen LogP contribution in [0.1, 0.15) is 12.8 Å². The van der Waals surface area contributed by atoms with E-state index in [1.54, 1.807) is 0 Å². The Hall–Kier alpha value is -1.99. The molecule has 8 nitrogen and oxygen atoms in total. The number of aliphatic imine (C=N–C) groups is 1. The molecule has 0 aromatic carbocycles. The van der Waals surface area contributed by atoms with Crippen molar-refractivity contribution in [2.45, 2.75) is 12.8 Å². The molecule has 20 heavy (non-hydrogen) atoms. The van der Waals surface area contributed by atoms with Gasteiger partial charge in [-0.05, 0) is 6.42 Å². The molecule has 112 valence electrons. The summed E-state index contributed by atoms with van der Waals surface area (Å²) in [7, 11) is 0. The summed E-state index contributed by atoms with van der Waals surface area (Å²) in [5, 5.41) is 21.0. The van der Waals surface area contributed by atoms with Crippen molar-refractivity contribution in [3.8, 4) is 0 Å². The molecular formula is C12H24N8. The highest BCUT2D eigenvalue weighted by Gasteiger charge is 2.18. The molecule has 6 N–H and O–H groups in total. The van der Waals surface area contributed by atoms with Crippen molar-refractivity contribution in [3.05, 3.63) is 0 Å². The number of guanidine groups is 2. The Kier molecular flexibility index (Phi) is 5.03. The fourth-order valence-corrected chi connectivity index (χ4v) is 2.47. The van der Waals surface area contributed by atoms with Crippen molar-refractivity contribution in [1.82, 2.24) is 20.4 Å². The Morgan fingerprint density at radius 2 is 2.20 bits per heavy atom. The summed E-state index contributed by atoms with van der Waals surface area (Å²) in [5.74, 6) is 1.66. The number of hydrogen-bond donors (Lipinski definition) is 5. The maximum absolute atomic E-state index is 7.78. The third-order valence-electron chi connectivity index (χ3n) is 3.52. The predicted molar refractivity (Wildman–Crippen MR) is 80.3 cm³/mol. The third-order valence-corrected chi connectivity index (χ3v) is 3.52. The van der Waals surface area contributed by atoms with Crippen molar-refractivity contribution in [1.29, 1.82) is 10.8 Å². The van der Waals surface area contributed by atoms with Crippen molar-refractivity contribution in [3.63, 3.8) is 0 Å². The number of nitrogens with one attached hydrogen (secondary N) is 4. The van der Waals surface area contributed by atoms with E-state index in [0.717, 1.165) is 57.4 Å². The number of rotatable bonds is 6. The molecule has 2 fully saturated rings. The van der Waals surface area contributed by atoms with Gasteiger partial charge < -0.3 is 26.2 Å². The van der Waals surface area contributed by atoms with E-state index in [0.29, 0.717) is 13.1 Å². The minimum Gasteiger partial charge on any atom is -0.370 e. The first-order valence-electron chi connectivity index (χ1n) is 7.10. The van der Waals surface area contributed by atoms with E-state index in [9.17, 15) is 0 Å². The minimum absolute atomic E-state index is 0.00295. The molecule has 0 aromatic rings. The number of nitrogens with zero attached hydrogens (tertiary/aromatic N) is 3. The van der Waals surface area contributed by atoms with Gasteiger partial charge in [0.05, 0.1) is 12.4 Å². The van der Waals surface area contributed by atoms with Crippen LogP contribution in [0.25, 0.3) is 0 Å². The van der Waals surface area contributed by atoms with Crippen LogP contribution in [0, 0.1) is 10.8 Å². The number of amidine groups is 1. The molecule has 0 spiro atoms. The number of hydrogen-bond acceptors (Lipinski definition) is 3. The van der Waals surface area contributed by atoms with Crippen LogP contribution in [-0.2, 0) is 0 Å². The van der Waals surface area contributed by atoms with E-state index in [2.05, 4.69) is 25.4 Å². The second-order valence-corrected chi connectivity index (χ2v) is 5.00. The van der Waals surface area contributed by atoms with Gasteiger partial charge in [0, 0.05) is 45.7 Å². The molecule has 8 heteroatoms. The molecule has 0 saturated carbocycles. The van der Waals surface area contributed by atoms with Crippen molar-refractivity contribution >= 4 is 17.8 Å². The van der Waals surface area contributed by atoms with Gasteiger partial charge in [0.1, 0.15) is 0 Å². The Labute approximate surface area is 119 Å². The Morgan fingerprint density at radius 3 is 2.90 bits per heavy atom. The molecular weight excluding hydrogens is 256 g/mol. The van der Waals surface area contributed by atoms with Gasteiger partial charge in [-0.25, -0.2) is 0 Å². The van der Waals surface area contributed by atoms with Crippen LogP contribution in [0.15, 0.2) is 4.99 Å². The van der Waals surface area contributed by atoms with Gasteiger partial charge in [-0.2, -0.15) is 0 Å². The van der Waals surface area contributed by atoms with Crippen molar-refractivity contribution in [2.75, 3.05) is 45.8 Å². The second kappa shape index (κ2) is 6.97. The lowest BCUT2D eigenvalue weighted by Gasteiger charge is -2.19. The average Bonchev–Trinajstić information content (AvgIpc) is 3.00. The lowest BCUT2D eigenvalue weighted by molar-refractivity contribution is 0.448. The summed E-state index contributed by atoms with van der Waals surface area (Å²) >= 11 is 0. The fraction of sp³-hybridized carbons (Fsp3) is 0.750. The van der Waals surface area contributed by atoms with Gasteiger partial charge in [0.25, 0.3) is 0 Å². The minimum atomic E-state index is 0.00295. The summed E-state index contributed by atoms with van der Waals surface area (Å²) < 4.78 is 0. The Balaban J connectivity index is 1.73. The van der Waals surface area contributed by atoms with Crippen molar-refractivity contribution < 1.29 is 0 Å². The average molecular weight is 280 g/mol. The van der Waals surface area contributed by atoms with E-state index < -0.39 is 0 Å². The Morgan fingerprint density at radius 1 is 1.35 bits per heavy atom. The number of nitrogens with two attached hydrogens (primary N) is 1.